The quantitative estimate of drug-likeness (QED) is 0.753. The summed E-state index contributed by atoms with van der Waals surface area (Å²) >= 11 is 0. The molecule has 0 aliphatic rings. The number of primary amides is 1. The molecule has 0 aliphatic carbocycles. The molecule has 2 N–H and O–H groups in total. The molecule has 0 fully saturated rings. The third-order valence-corrected chi connectivity index (χ3v) is 2.53. The van der Waals surface area contributed by atoms with Gasteiger partial charge in [-0.3, -0.25) is 0 Å². The van der Waals surface area contributed by atoms with Crippen LogP contribution in [0.3, 0.4) is 0 Å². The van der Waals surface area contributed by atoms with Crippen LogP contribution in [0.25, 0.3) is 0 Å². The van der Waals surface area contributed by atoms with Gasteiger partial charge < -0.3 is 10.5 Å². The number of hydrogen-bond donors (Lipinski definition) is 1. The maximum Gasteiger partial charge on any atom is 0.411 e. The van der Waals surface area contributed by atoms with Gasteiger partial charge in [0.15, 0.2) is 0 Å². The molecule has 0 atom stereocenters. The summed E-state index contributed by atoms with van der Waals surface area (Å²) in [6, 6.07) is 2.31. The van der Waals surface area contributed by atoms with Crippen LogP contribution in [0, 0.1) is 0 Å². The van der Waals surface area contributed by atoms with Gasteiger partial charge in [-0.2, -0.15) is 0 Å². The Kier molecular flexibility index (Phi) is 2.92. The van der Waals surface area contributed by atoms with Gasteiger partial charge in [0.2, 0.25) is 5.88 Å². The molecule has 1 heterocycles. The molecule has 0 spiro atoms. The Morgan fingerprint density at radius 1 is 1.50 bits per heavy atom. The molecule has 1 rings (SSSR count). The number of aromatic nitrogens is 1. The highest BCUT2D eigenvalue weighted by molar-refractivity contribution is 8.13. The third-order valence-electron chi connectivity index (χ3n) is 1.20. The summed E-state index contributed by atoms with van der Waals surface area (Å²) in [5.74, 6) is -0.0958. The summed E-state index contributed by atoms with van der Waals surface area (Å²) in [5.41, 5.74) is 4.70. The number of amides is 1. The van der Waals surface area contributed by atoms with Crippen molar-refractivity contribution in [2.75, 3.05) is 0 Å². The van der Waals surface area contributed by atoms with Gasteiger partial charge in [0.1, 0.15) is 4.90 Å². The molecule has 0 aliphatic heterocycles. The summed E-state index contributed by atoms with van der Waals surface area (Å²) < 4.78 is 25.9. The molecule has 1 aromatic heterocycles. The molecule has 14 heavy (non-hydrogen) atoms. The van der Waals surface area contributed by atoms with E-state index < -0.39 is 15.1 Å². The first kappa shape index (κ1) is 10.7. The van der Waals surface area contributed by atoms with Crippen molar-refractivity contribution in [2.45, 2.75) is 4.90 Å². The van der Waals surface area contributed by atoms with Gasteiger partial charge in [0.25, 0.3) is 9.05 Å². The fraction of sp³-hybridized carbons (Fsp3) is 0. The van der Waals surface area contributed by atoms with Crippen molar-refractivity contribution in [1.82, 2.24) is 4.98 Å². The summed E-state index contributed by atoms with van der Waals surface area (Å²) in [6.07, 6.45) is -0.0698. The minimum Gasteiger partial charge on any atom is -0.391 e. The van der Waals surface area contributed by atoms with Crippen LogP contribution < -0.4 is 10.5 Å². The van der Waals surface area contributed by atoms with E-state index in [9.17, 15) is 13.2 Å². The van der Waals surface area contributed by atoms with Crippen molar-refractivity contribution in [1.29, 1.82) is 0 Å². The first-order valence-electron chi connectivity index (χ1n) is 3.27. The van der Waals surface area contributed by atoms with E-state index in [0.717, 1.165) is 12.3 Å². The molecule has 0 unspecified atom stereocenters. The molecule has 1 aromatic rings. The fourth-order valence-corrected chi connectivity index (χ4v) is 1.36. The van der Waals surface area contributed by atoms with Crippen LogP contribution in [0.1, 0.15) is 0 Å². The zero-order chi connectivity index (χ0) is 10.8. The Bertz CT molecular complexity index is 441. The van der Waals surface area contributed by atoms with Gasteiger partial charge in [0.05, 0.1) is 6.20 Å². The zero-order valence-electron chi connectivity index (χ0n) is 6.68. The van der Waals surface area contributed by atoms with E-state index in [1.54, 1.807) is 0 Å². The van der Waals surface area contributed by atoms with E-state index in [1.807, 2.05) is 0 Å². The number of rotatable bonds is 2. The Morgan fingerprint density at radius 2 is 2.14 bits per heavy atom. The van der Waals surface area contributed by atoms with E-state index in [2.05, 4.69) is 9.72 Å². The molecule has 1 amide bonds. The molecule has 0 saturated carbocycles. The summed E-state index contributed by atoms with van der Waals surface area (Å²) in [5, 5.41) is 0. The molecular weight excluding hydrogens is 232 g/mol. The highest BCUT2D eigenvalue weighted by atomic mass is 35.7. The highest BCUT2D eigenvalue weighted by Crippen LogP contribution is 2.15. The molecule has 0 saturated heterocycles. The van der Waals surface area contributed by atoms with Gasteiger partial charge in [-0.05, 0) is 6.07 Å². The number of carbonyl (C=O) groups is 1. The summed E-state index contributed by atoms with van der Waals surface area (Å²) in [4.78, 5) is 13.6. The predicted molar refractivity (Wildman–Crippen MR) is 47.5 cm³/mol. The Hall–Kier alpha value is -1.34. The molecule has 0 aromatic carbocycles. The van der Waals surface area contributed by atoms with Crippen LogP contribution in [0.4, 0.5) is 4.79 Å². The van der Waals surface area contributed by atoms with Gasteiger partial charge >= 0.3 is 6.09 Å². The standard InChI is InChI=1S/C6H5ClN2O4S/c7-14(11,12)4-1-2-5(9-3-4)13-6(8)10/h1-3H,(H2,8,10). The van der Waals surface area contributed by atoms with Crippen LogP contribution in [0.2, 0.25) is 0 Å². The zero-order valence-corrected chi connectivity index (χ0v) is 8.25. The first-order chi connectivity index (χ1) is 6.39. The summed E-state index contributed by atoms with van der Waals surface area (Å²) in [6.45, 7) is 0. The lowest BCUT2D eigenvalue weighted by Gasteiger charge is -1.99. The molecule has 0 radical (unpaired) electrons. The number of nitrogens with zero attached hydrogens (tertiary/aromatic N) is 1. The lowest BCUT2D eigenvalue weighted by Crippen LogP contribution is -2.16. The Morgan fingerprint density at radius 3 is 2.50 bits per heavy atom. The van der Waals surface area contributed by atoms with Crippen LogP contribution in [0.15, 0.2) is 23.2 Å². The van der Waals surface area contributed by atoms with E-state index in [1.165, 1.54) is 6.07 Å². The molecule has 0 bridgehead atoms. The molecular formula is C6H5ClN2O4S. The van der Waals surface area contributed by atoms with Gasteiger partial charge in [0, 0.05) is 16.7 Å². The average molecular weight is 237 g/mol. The van der Waals surface area contributed by atoms with Crippen molar-refractivity contribution in [2.24, 2.45) is 5.73 Å². The largest absolute Gasteiger partial charge is 0.411 e. The van der Waals surface area contributed by atoms with Crippen LogP contribution in [-0.2, 0) is 9.05 Å². The maximum atomic E-state index is 10.8. The molecule has 6 nitrogen and oxygen atoms in total. The Labute approximate surface area is 84.1 Å². The van der Waals surface area contributed by atoms with E-state index in [4.69, 9.17) is 16.4 Å². The predicted octanol–water partition coefficient (Wildman–Crippen LogP) is 0.467. The average Bonchev–Trinajstić information content (AvgIpc) is 2.02. The lowest BCUT2D eigenvalue weighted by atomic mass is 10.5. The number of ether oxygens (including phenoxy) is 1. The van der Waals surface area contributed by atoms with Gasteiger partial charge in [-0.1, -0.05) is 0 Å². The minimum absolute atomic E-state index is 0.0958. The number of hydrogen-bond acceptors (Lipinski definition) is 5. The van der Waals surface area contributed by atoms with E-state index in [-0.39, 0.29) is 10.8 Å². The van der Waals surface area contributed by atoms with E-state index in [0.29, 0.717) is 0 Å². The second-order valence-corrected chi connectivity index (χ2v) is 4.76. The van der Waals surface area contributed by atoms with Crippen molar-refractivity contribution in [3.63, 3.8) is 0 Å². The van der Waals surface area contributed by atoms with Crippen LogP contribution in [-0.4, -0.2) is 19.5 Å². The molecule has 76 valence electrons. The van der Waals surface area contributed by atoms with Crippen LogP contribution >= 0.6 is 10.7 Å². The normalized spacial score (nSPS) is 10.9. The molecule has 8 heteroatoms. The van der Waals surface area contributed by atoms with Crippen molar-refractivity contribution < 1.29 is 17.9 Å². The SMILES string of the molecule is NC(=O)Oc1ccc(S(=O)(=O)Cl)cn1. The van der Waals surface area contributed by atoms with Gasteiger partial charge in [-0.25, -0.2) is 18.2 Å². The number of nitrogens with two attached hydrogens (primary N) is 1. The van der Waals surface area contributed by atoms with Crippen molar-refractivity contribution in [3.8, 4) is 5.88 Å². The first-order valence-corrected chi connectivity index (χ1v) is 5.58. The topological polar surface area (TPSA) is 99.4 Å². The smallest absolute Gasteiger partial charge is 0.391 e. The summed E-state index contributed by atoms with van der Waals surface area (Å²) in [7, 11) is 1.21. The van der Waals surface area contributed by atoms with Crippen LogP contribution in [0.5, 0.6) is 5.88 Å². The number of halogens is 1. The minimum atomic E-state index is -3.81. The third kappa shape index (κ3) is 2.86. The number of pyridine rings is 1. The van der Waals surface area contributed by atoms with Crippen molar-refractivity contribution >= 4 is 25.8 Å². The number of carbonyl (C=O) groups excluding carboxylic acids is 1. The second kappa shape index (κ2) is 3.81. The van der Waals surface area contributed by atoms with Crippen molar-refractivity contribution in [3.05, 3.63) is 18.3 Å². The second-order valence-electron chi connectivity index (χ2n) is 2.19. The lowest BCUT2D eigenvalue weighted by molar-refractivity contribution is 0.209. The monoisotopic (exact) mass is 236 g/mol. The fourth-order valence-electron chi connectivity index (χ4n) is 0.674. The highest BCUT2D eigenvalue weighted by Gasteiger charge is 2.10. The van der Waals surface area contributed by atoms with Gasteiger partial charge in [-0.15, -0.1) is 0 Å². The Balaban J connectivity index is 2.95. The maximum absolute atomic E-state index is 10.8. The van der Waals surface area contributed by atoms with E-state index >= 15 is 0 Å².